The normalized spacial score (nSPS) is 21.3. The second-order valence-electron chi connectivity index (χ2n) is 6.74. The molecular weight excluding hydrogens is 276 g/mol. The quantitative estimate of drug-likeness (QED) is 0.851. The van der Waals surface area contributed by atoms with Crippen molar-refractivity contribution in [3.63, 3.8) is 0 Å². The molecule has 4 nitrogen and oxygen atoms in total. The van der Waals surface area contributed by atoms with Crippen LogP contribution in [0, 0.1) is 0 Å². The first-order valence-electron chi connectivity index (χ1n) is 6.68. The Balaban J connectivity index is 2.40. The Morgan fingerprint density at radius 1 is 1.20 bits per heavy atom. The van der Waals surface area contributed by atoms with Crippen molar-refractivity contribution >= 4 is 24.2 Å². The molecule has 2 heterocycles. The molecule has 0 radical (unpaired) electrons. The first kappa shape index (κ1) is 15.8. The molecule has 1 N–H and O–H groups in total. The van der Waals surface area contributed by atoms with Gasteiger partial charge in [0.25, 0.3) is 0 Å². The summed E-state index contributed by atoms with van der Waals surface area (Å²) in [5.74, 6) is 0. The molecule has 0 atom stereocenters. The molecule has 1 saturated heterocycles. The molecule has 1 fully saturated rings. The Kier molecular flexibility index (Phi) is 3.71. The second-order valence-corrected chi connectivity index (χ2v) is 7.15. The van der Waals surface area contributed by atoms with Gasteiger partial charge in [-0.15, -0.1) is 0 Å². The lowest BCUT2D eigenvalue weighted by molar-refractivity contribution is 0.00578. The highest BCUT2D eigenvalue weighted by molar-refractivity contribution is 6.65. The summed E-state index contributed by atoms with van der Waals surface area (Å²) in [6, 6.07) is 1.74. The number of hydrogen-bond donors (Lipinski definition) is 1. The Morgan fingerprint density at radius 3 is 2.15 bits per heavy atom. The highest BCUT2D eigenvalue weighted by atomic mass is 35.5. The summed E-state index contributed by atoms with van der Waals surface area (Å²) >= 11 is 6.21. The first-order valence-corrected chi connectivity index (χ1v) is 7.06. The highest BCUT2D eigenvalue weighted by Crippen LogP contribution is 2.37. The fraction of sp³-hybridized carbons (Fsp3) is 0.643. The van der Waals surface area contributed by atoms with Gasteiger partial charge in [0.05, 0.1) is 21.9 Å². The van der Waals surface area contributed by atoms with Crippen LogP contribution in [0.15, 0.2) is 12.3 Å². The van der Waals surface area contributed by atoms with E-state index < -0.39 is 23.9 Å². The van der Waals surface area contributed by atoms with E-state index in [-0.39, 0.29) is 0 Å². The molecule has 0 aromatic carbocycles. The Hall–Kier alpha value is -0.615. The van der Waals surface area contributed by atoms with Crippen LogP contribution in [0.5, 0.6) is 0 Å². The van der Waals surface area contributed by atoms with Crippen LogP contribution in [0.4, 0.5) is 0 Å². The van der Waals surface area contributed by atoms with Crippen LogP contribution < -0.4 is 5.46 Å². The Labute approximate surface area is 125 Å². The summed E-state index contributed by atoms with van der Waals surface area (Å²) in [4.78, 5) is 4.16. The van der Waals surface area contributed by atoms with Crippen LogP contribution in [0.2, 0.25) is 5.02 Å². The molecule has 1 aliphatic heterocycles. The summed E-state index contributed by atoms with van der Waals surface area (Å²) < 4.78 is 12.0. The van der Waals surface area contributed by atoms with Gasteiger partial charge in [-0.1, -0.05) is 11.6 Å². The van der Waals surface area contributed by atoms with Gasteiger partial charge in [0.2, 0.25) is 0 Å². The summed E-state index contributed by atoms with van der Waals surface area (Å²) in [5.41, 5.74) is -0.676. The minimum Gasteiger partial charge on any atom is -0.399 e. The van der Waals surface area contributed by atoms with Gasteiger partial charge >= 0.3 is 7.12 Å². The van der Waals surface area contributed by atoms with Crippen molar-refractivity contribution in [1.82, 2.24) is 4.98 Å². The number of hydrogen-bond acceptors (Lipinski definition) is 4. The van der Waals surface area contributed by atoms with Crippen LogP contribution in [-0.4, -0.2) is 28.4 Å². The Morgan fingerprint density at radius 2 is 1.70 bits per heavy atom. The molecule has 0 spiro atoms. The molecule has 2 rings (SSSR count). The average molecular weight is 298 g/mol. The van der Waals surface area contributed by atoms with E-state index in [2.05, 4.69) is 4.98 Å². The standard InChI is InChI=1S/C14H21BClNO3/c1-12(2,18)11-7-9(10(16)8-17-11)15-19-13(3,4)14(5,6)20-15/h7-8,18H,1-6H3. The lowest BCUT2D eigenvalue weighted by Gasteiger charge is -2.32. The zero-order valence-corrected chi connectivity index (χ0v) is 13.6. The zero-order chi connectivity index (χ0) is 15.3. The maximum absolute atomic E-state index is 10.1. The van der Waals surface area contributed by atoms with E-state index in [4.69, 9.17) is 20.9 Å². The van der Waals surface area contributed by atoms with Gasteiger partial charge < -0.3 is 14.4 Å². The highest BCUT2D eigenvalue weighted by Gasteiger charge is 2.52. The van der Waals surface area contributed by atoms with Gasteiger partial charge in [0.15, 0.2) is 0 Å². The van der Waals surface area contributed by atoms with E-state index in [0.29, 0.717) is 16.2 Å². The lowest BCUT2D eigenvalue weighted by Crippen LogP contribution is -2.41. The average Bonchev–Trinajstić information content (AvgIpc) is 2.46. The van der Waals surface area contributed by atoms with E-state index in [1.807, 2.05) is 27.7 Å². The van der Waals surface area contributed by atoms with E-state index >= 15 is 0 Å². The number of rotatable bonds is 2. The summed E-state index contributed by atoms with van der Waals surface area (Å²) in [6.45, 7) is 11.3. The minimum atomic E-state index is -1.04. The van der Waals surface area contributed by atoms with E-state index in [1.54, 1.807) is 19.9 Å². The van der Waals surface area contributed by atoms with Gasteiger partial charge in [-0.3, -0.25) is 4.98 Å². The molecule has 110 valence electrons. The summed E-state index contributed by atoms with van der Waals surface area (Å²) in [6.07, 6.45) is 1.52. The number of nitrogens with zero attached hydrogens (tertiary/aromatic N) is 1. The van der Waals surface area contributed by atoms with E-state index in [0.717, 1.165) is 0 Å². The monoisotopic (exact) mass is 297 g/mol. The van der Waals surface area contributed by atoms with Crippen LogP contribution in [0.25, 0.3) is 0 Å². The van der Waals surface area contributed by atoms with Crippen molar-refractivity contribution in [1.29, 1.82) is 0 Å². The van der Waals surface area contributed by atoms with E-state index in [9.17, 15) is 5.11 Å². The van der Waals surface area contributed by atoms with Crippen molar-refractivity contribution in [2.75, 3.05) is 0 Å². The van der Waals surface area contributed by atoms with Crippen LogP contribution in [0.1, 0.15) is 47.2 Å². The van der Waals surface area contributed by atoms with Crippen molar-refractivity contribution in [3.05, 3.63) is 23.0 Å². The molecule has 0 bridgehead atoms. The number of aliphatic hydroxyl groups is 1. The van der Waals surface area contributed by atoms with Gasteiger partial charge in [0, 0.05) is 11.7 Å². The third-order valence-electron chi connectivity index (χ3n) is 4.02. The first-order chi connectivity index (χ1) is 8.94. The molecular formula is C14H21BClNO3. The molecule has 0 aliphatic carbocycles. The number of aromatic nitrogens is 1. The summed E-state index contributed by atoms with van der Waals surface area (Å²) in [7, 11) is -0.559. The fourth-order valence-corrected chi connectivity index (χ4v) is 2.13. The predicted molar refractivity (Wildman–Crippen MR) is 80.2 cm³/mol. The molecule has 0 unspecified atom stereocenters. The van der Waals surface area contributed by atoms with Gasteiger partial charge in [-0.05, 0) is 47.6 Å². The molecule has 20 heavy (non-hydrogen) atoms. The molecule has 1 aromatic rings. The molecule has 0 saturated carbocycles. The van der Waals surface area contributed by atoms with Gasteiger partial charge in [-0.2, -0.15) is 0 Å². The maximum atomic E-state index is 10.1. The van der Waals surface area contributed by atoms with E-state index in [1.165, 1.54) is 6.20 Å². The van der Waals surface area contributed by atoms with Crippen LogP contribution in [-0.2, 0) is 14.9 Å². The Bertz CT molecular complexity index is 510. The van der Waals surface area contributed by atoms with Crippen molar-refractivity contribution in [2.24, 2.45) is 0 Å². The van der Waals surface area contributed by atoms with Crippen molar-refractivity contribution in [2.45, 2.75) is 58.3 Å². The molecule has 1 aliphatic rings. The van der Waals surface area contributed by atoms with Gasteiger partial charge in [0.1, 0.15) is 5.60 Å². The predicted octanol–water partition coefficient (Wildman–Crippen LogP) is 2.26. The van der Waals surface area contributed by atoms with Crippen LogP contribution >= 0.6 is 11.6 Å². The smallest absolute Gasteiger partial charge is 0.399 e. The van der Waals surface area contributed by atoms with Crippen LogP contribution in [0.3, 0.4) is 0 Å². The molecule has 1 aromatic heterocycles. The SMILES string of the molecule is CC(C)(O)c1cc(B2OC(C)(C)C(C)(C)O2)c(Cl)cn1. The minimum absolute atomic E-state index is 0.431. The third-order valence-corrected chi connectivity index (χ3v) is 4.33. The zero-order valence-electron chi connectivity index (χ0n) is 12.8. The number of pyridine rings is 1. The lowest BCUT2D eigenvalue weighted by atomic mass is 9.78. The molecule has 0 amide bonds. The largest absolute Gasteiger partial charge is 0.496 e. The van der Waals surface area contributed by atoms with Crippen molar-refractivity contribution in [3.8, 4) is 0 Å². The number of halogens is 1. The second kappa shape index (κ2) is 4.70. The van der Waals surface area contributed by atoms with Crippen molar-refractivity contribution < 1.29 is 14.4 Å². The fourth-order valence-electron chi connectivity index (χ4n) is 1.94. The summed E-state index contributed by atoms with van der Waals surface area (Å²) in [5, 5.41) is 10.5. The molecule has 6 heteroatoms. The van der Waals surface area contributed by atoms with Gasteiger partial charge in [-0.25, -0.2) is 0 Å². The third kappa shape index (κ3) is 2.73. The topological polar surface area (TPSA) is 51.6 Å². The maximum Gasteiger partial charge on any atom is 0.496 e.